The summed E-state index contributed by atoms with van der Waals surface area (Å²) in [5.74, 6) is -1.50. The van der Waals surface area contributed by atoms with E-state index >= 15 is 0 Å². The maximum absolute atomic E-state index is 12.3. The molecular weight excluding hydrogens is 274 g/mol. The smallest absolute Gasteiger partial charge is 0.326 e. The Morgan fingerprint density at radius 1 is 1.48 bits per heavy atom. The molecule has 1 heterocycles. The number of carboxylic acids is 1. The zero-order valence-corrected chi connectivity index (χ0v) is 11.9. The predicted molar refractivity (Wildman–Crippen MR) is 74.9 cm³/mol. The van der Waals surface area contributed by atoms with E-state index in [2.05, 4.69) is 5.32 Å². The molecule has 1 aromatic rings. The van der Waals surface area contributed by atoms with Gasteiger partial charge in [-0.05, 0) is 17.5 Å². The molecule has 0 bridgehead atoms. The van der Waals surface area contributed by atoms with Gasteiger partial charge in [-0.1, -0.05) is 24.3 Å². The number of rotatable bonds is 6. The summed E-state index contributed by atoms with van der Waals surface area (Å²) in [7, 11) is 1.49. The highest BCUT2D eigenvalue weighted by molar-refractivity contribution is 5.87. The van der Waals surface area contributed by atoms with Crippen LogP contribution in [0.15, 0.2) is 24.3 Å². The summed E-state index contributed by atoms with van der Waals surface area (Å²) in [5.41, 5.74) is 1.87. The monoisotopic (exact) mass is 293 g/mol. The molecule has 6 heteroatoms. The van der Waals surface area contributed by atoms with E-state index in [1.54, 1.807) is 0 Å². The number of hydrogen-bond acceptors (Lipinski definition) is 4. The lowest BCUT2D eigenvalue weighted by Gasteiger charge is -2.26. The lowest BCUT2D eigenvalue weighted by Crippen LogP contribution is -2.44. The molecule has 0 spiro atoms. The minimum Gasteiger partial charge on any atom is -0.480 e. The fourth-order valence-corrected chi connectivity index (χ4v) is 2.35. The van der Waals surface area contributed by atoms with E-state index < -0.39 is 24.0 Å². The average Bonchev–Trinajstić information content (AvgIpc) is 2.50. The molecule has 114 valence electrons. The number of carbonyl (C=O) groups is 2. The molecule has 1 aliphatic rings. The van der Waals surface area contributed by atoms with Crippen LogP contribution >= 0.6 is 0 Å². The Morgan fingerprint density at radius 2 is 2.24 bits per heavy atom. The molecule has 2 N–H and O–H groups in total. The van der Waals surface area contributed by atoms with Gasteiger partial charge in [0, 0.05) is 20.1 Å². The molecule has 0 saturated heterocycles. The third-order valence-corrected chi connectivity index (χ3v) is 3.46. The highest BCUT2D eigenvalue weighted by atomic mass is 16.5. The number of carbonyl (C=O) groups excluding carboxylic acids is 1. The number of ether oxygens (including phenoxy) is 2. The van der Waals surface area contributed by atoms with Crippen LogP contribution in [0.3, 0.4) is 0 Å². The van der Waals surface area contributed by atoms with Gasteiger partial charge in [-0.25, -0.2) is 4.79 Å². The van der Waals surface area contributed by atoms with Gasteiger partial charge in [-0.2, -0.15) is 0 Å². The van der Waals surface area contributed by atoms with Gasteiger partial charge in [0.2, 0.25) is 0 Å². The number of benzene rings is 1. The highest BCUT2D eigenvalue weighted by Gasteiger charge is 2.30. The molecule has 0 aliphatic carbocycles. The molecule has 1 amide bonds. The third kappa shape index (κ3) is 3.80. The number of amides is 1. The number of aliphatic carboxylic acids is 1. The van der Waals surface area contributed by atoms with E-state index in [1.807, 2.05) is 24.3 Å². The fraction of sp³-hybridized carbons (Fsp3) is 0.467. The van der Waals surface area contributed by atoms with Crippen molar-refractivity contribution in [2.75, 3.05) is 20.3 Å². The van der Waals surface area contributed by atoms with Gasteiger partial charge in [0.25, 0.3) is 5.91 Å². The van der Waals surface area contributed by atoms with Gasteiger partial charge in [0.15, 0.2) is 6.10 Å². The number of hydrogen-bond donors (Lipinski definition) is 2. The van der Waals surface area contributed by atoms with Crippen molar-refractivity contribution in [3.8, 4) is 0 Å². The molecule has 0 aromatic heterocycles. The molecular formula is C15H19NO5. The minimum atomic E-state index is -1.08. The van der Waals surface area contributed by atoms with Crippen molar-refractivity contribution in [1.82, 2.24) is 5.32 Å². The SMILES string of the molecule is COCC[C@@H](NC(=O)[C@H]1OCCc2ccccc21)C(=O)O. The average molecular weight is 293 g/mol. The summed E-state index contributed by atoms with van der Waals surface area (Å²) in [4.78, 5) is 23.5. The van der Waals surface area contributed by atoms with Crippen molar-refractivity contribution in [2.45, 2.75) is 25.0 Å². The normalized spacial score (nSPS) is 18.6. The lowest BCUT2D eigenvalue weighted by atomic mass is 9.97. The van der Waals surface area contributed by atoms with Gasteiger partial charge in [-0.3, -0.25) is 4.79 Å². The molecule has 1 aromatic carbocycles. The van der Waals surface area contributed by atoms with E-state index in [9.17, 15) is 9.59 Å². The lowest BCUT2D eigenvalue weighted by molar-refractivity contribution is -0.145. The molecule has 0 unspecified atom stereocenters. The second kappa shape index (κ2) is 7.19. The van der Waals surface area contributed by atoms with Crippen molar-refractivity contribution in [3.05, 3.63) is 35.4 Å². The Hall–Kier alpha value is -1.92. The van der Waals surface area contributed by atoms with E-state index in [-0.39, 0.29) is 13.0 Å². The maximum atomic E-state index is 12.3. The summed E-state index contributed by atoms with van der Waals surface area (Å²) >= 11 is 0. The summed E-state index contributed by atoms with van der Waals surface area (Å²) in [6, 6.07) is 6.57. The van der Waals surface area contributed by atoms with E-state index in [4.69, 9.17) is 14.6 Å². The van der Waals surface area contributed by atoms with E-state index in [0.29, 0.717) is 6.61 Å². The first-order valence-corrected chi connectivity index (χ1v) is 6.85. The van der Waals surface area contributed by atoms with E-state index in [0.717, 1.165) is 17.5 Å². The fourth-order valence-electron chi connectivity index (χ4n) is 2.35. The Bertz CT molecular complexity index is 517. The van der Waals surface area contributed by atoms with Gasteiger partial charge in [0.1, 0.15) is 6.04 Å². The first-order chi connectivity index (χ1) is 10.1. The molecule has 0 fully saturated rings. The van der Waals surface area contributed by atoms with Gasteiger partial charge in [0.05, 0.1) is 6.61 Å². The molecule has 2 atom stereocenters. The number of methoxy groups -OCH3 is 1. The van der Waals surface area contributed by atoms with Crippen molar-refractivity contribution in [1.29, 1.82) is 0 Å². The van der Waals surface area contributed by atoms with Crippen LogP contribution in [-0.4, -0.2) is 43.3 Å². The largest absolute Gasteiger partial charge is 0.480 e. The zero-order chi connectivity index (χ0) is 15.2. The standard InChI is InChI=1S/C15H19NO5/c1-20-8-7-12(15(18)19)16-14(17)13-11-5-3-2-4-10(11)6-9-21-13/h2-5,12-13H,6-9H2,1H3,(H,16,17)(H,18,19)/t12-,13+/m1/s1. The maximum Gasteiger partial charge on any atom is 0.326 e. The van der Waals surface area contributed by atoms with Crippen molar-refractivity contribution >= 4 is 11.9 Å². The quantitative estimate of drug-likeness (QED) is 0.814. The molecule has 6 nitrogen and oxygen atoms in total. The minimum absolute atomic E-state index is 0.214. The molecule has 1 aliphatic heterocycles. The van der Waals surface area contributed by atoms with Crippen molar-refractivity contribution in [3.63, 3.8) is 0 Å². The first kappa shape index (κ1) is 15.5. The topological polar surface area (TPSA) is 84.9 Å². The number of carboxylic acid groups (broad SMARTS) is 1. The predicted octanol–water partition coefficient (Wildman–Crippen LogP) is 0.906. The molecule has 21 heavy (non-hydrogen) atoms. The number of fused-ring (bicyclic) bond motifs is 1. The third-order valence-electron chi connectivity index (χ3n) is 3.46. The van der Waals surface area contributed by atoms with Crippen LogP contribution in [0.5, 0.6) is 0 Å². The Kier molecular flexibility index (Phi) is 5.30. The Balaban J connectivity index is 2.08. The van der Waals surface area contributed by atoms with Gasteiger partial charge < -0.3 is 19.9 Å². The van der Waals surface area contributed by atoms with Gasteiger partial charge >= 0.3 is 5.97 Å². The second-order valence-electron chi connectivity index (χ2n) is 4.88. The summed E-state index contributed by atoms with van der Waals surface area (Å²) in [5, 5.41) is 11.6. The Morgan fingerprint density at radius 3 is 2.95 bits per heavy atom. The molecule has 2 rings (SSSR count). The molecule has 0 saturated carbocycles. The van der Waals surface area contributed by atoms with Crippen molar-refractivity contribution < 1.29 is 24.2 Å². The van der Waals surface area contributed by atoms with Crippen molar-refractivity contribution in [2.24, 2.45) is 0 Å². The second-order valence-corrected chi connectivity index (χ2v) is 4.88. The summed E-state index contributed by atoms with van der Waals surface area (Å²) in [6.07, 6.45) is 0.220. The van der Waals surface area contributed by atoms with Crippen LogP contribution in [0.4, 0.5) is 0 Å². The Labute approximate surface area is 123 Å². The summed E-state index contributed by atoms with van der Waals surface area (Å²) in [6.45, 7) is 0.713. The first-order valence-electron chi connectivity index (χ1n) is 6.85. The van der Waals surface area contributed by atoms with Crippen LogP contribution in [0.1, 0.15) is 23.7 Å². The summed E-state index contributed by atoms with van der Waals surface area (Å²) < 4.78 is 10.4. The highest BCUT2D eigenvalue weighted by Crippen LogP contribution is 2.27. The van der Waals surface area contributed by atoms with Crippen LogP contribution in [0, 0.1) is 0 Å². The van der Waals surface area contributed by atoms with Crippen LogP contribution < -0.4 is 5.32 Å². The van der Waals surface area contributed by atoms with E-state index in [1.165, 1.54) is 7.11 Å². The van der Waals surface area contributed by atoms with Crippen LogP contribution in [0.2, 0.25) is 0 Å². The molecule has 0 radical (unpaired) electrons. The van der Waals surface area contributed by atoms with Crippen LogP contribution in [0.25, 0.3) is 0 Å². The van der Waals surface area contributed by atoms with Gasteiger partial charge in [-0.15, -0.1) is 0 Å². The number of nitrogens with one attached hydrogen (secondary N) is 1. The van der Waals surface area contributed by atoms with Crippen LogP contribution in [-0.2, 0) is 25.5 Å². The zero-order valence-electron chi connectivity index (χ0n) is 11.9.